The number of aromatic nitrogens is 5. The van der Waals surface area contributed by atoms with E-state index in [2.05, 4.69) is 32.2 Å². The lowest BCUT2D eigenvalue weighted by molar-refractivity contribution is 0.881. The van der Waals surface area contributed by atoms with Crippen molar-refractivity contribution >= 4 is 23.2 Å². The number of tetrazole rings is 1. The smallest absolute Gasteiger partial charge is 0.256 e. The summed E-state index contributed by atoms with van der Waals surface area (Å²) >= 11 is 0. The van der Waals surface area contributed by atoms with Gasteiger partial charge in [0.1, 0.15) is 0 Å². The van der Waals surface area contributed by atoms with Crippen molar-refractivity contribution in [2.45, 2.75) is 0 Å². The molecule has 0 aliphatic carbocycles. The maximum atomic E-state index is 12.1. The monoisotopic (exact) mass is 280 g/mol. The second kappa shape index (κ2) is 5.04. The van der Waals surface area contributed by atoms with Gasteiger partial charge >= 0.3 is 0 Å². The Morgan fingerprint density at radius 2 is 2.14 bits per heavy atom. The highest BCUT2D eigenvalue weighted by Gasteiger charge is 2.06. The topological polar surface area (TPSA) is 113 Å². The molecule has 0 fully saturated rings. The molecule has 0 aliphatic rings. The van der Waals surface area contributed by atoms with E-state index in [-0.39, 0.29) is 5.56 Å². The highest BCUT2D eigenvalue weighted by Crippen LogP contribution is 2.16. The molecule has 1 aromatic carbocycles. The van der Waals surface area contributed by atoms with Crippen LogP contribution in [-0.4, -0.2) is 25.6 Å². The Bertz CT molecular complexity index is 985. The number of hydrogen-bond donors (Lipinski definition) is 3. The number of hydrogen-bond acceptors (Lipinski definition) is 5. The molecule has 0 saturated carbocycles. The third-order valence-electron chi connectivity index (χ3n) is 3.16. The van der Waals surface area contributed by atoms with Crippen LogP contribution in [0.2, 0.25) is 0 Å². The number of benzene rings is 1. The normalized spacial score (nSPS) is 13.0. The second-order valence-corrected chi connectivity index (χ2v) is 4.36. The molecule has 21 heavy (non-hydrogen) atoms. The van der Waals surface area contributed by atoms with Gasteiger partial charge in [-0.1, -0.05) is 24.8 Å². The van der Waals surface area contributed by atoms with Crippen molar-refractivity contribution in [1.29, 1.82) is 0 Å². The molecule has 0 saturated heterocycles. The lowest BCUT2D eigenvalue weighted by Gasteiger charge is -2.02. The first-order valence-electron chi connectivity index (χ1n) is 6.19. The van der Waals surface area contributed by atoms with Crippen LogP contribution in [0.3, 0.4) is 0 Å². The quantitative estimate of drug-likeness (QED) is 0.578. The summed E-state index contributed by atoms with van der Waals surface area (Å²) in [5.41, 5.74) is 6.88. The molecule has 0 amide bonds. The number of aromatic amines is 2. The van der Waals surface area contributed by atoms with Gasteiger partial charge in [-0.25, -0.2) is 5.10 Å². The second-order valence-electron chi connectivity index (χ2n) is 4.36. The summed E-state index contributed by atoms with van der Waals surface area (Å²) in [7, 11) is 0. The lowest BCUT2D eigenvalue weighted by atomic mass is 10.1. The predicted molar refractivity (Wildman–Crippen MR) is 80.3 cm³/mol. The summed E-state index contributed by atoms with van der Waals surface area (Å²) in [5.74, 6) is 0.526. The number of nitrogens with two attached hydrogens (primary N) is 1. The van der Waals surface area contributed by atoms with Gasteiger partial charge in [-0.15, -0.1) is 5.10 Å². The minimum Gasteiger partial charge on any atom is -0.404 e. The lowest BCUT2D eigenvalue weighted by Crippen LogP contribution is -2.41. The first kappa shape index (κ1) is 12.8. The molecule has 0 bridgehead atoms. The number of pyridine rings is 1. The molecule has 0 radical (unpaired) electrons. The van der Waals surface area contributed by atoms with Gasteiger partial charge in [0, 0.05) is 33.1 Å². The molecule has 0 atom stereocenters. The summed E-state index contributed by atoms with van der Waals surface area (Å²) < 4.78 is 0. The van der Waals surface area contributed by atoms with Crippen molar-refractivity contribution in [1.82, 2.24) is 25.6 Å². The van der Waals surface area contributed by atoms with E-state index >= 15 is 0 Å². The molecular formula is C14H12N6O. The van der Waals surface area contributed by atoms with Crippen LogP contribution in [0, 0.1) is 0 Å². The van der Waals surface area contributed by atoms with Crippen LogP contribution in [0.5, 0.6) is 0 Å². The van der Waals surface area contributed by atoms with E-state index < -0.39 is 0 Å². The zero-order valence-corrected chi connectivity index (χ0v) is 11.0. The van der Waals surface area contributed by atoms with Gasteiger partial charge in [0.25, 0.3) is 5.56 Å². The van der Waals surface area contributed by atoms with Gasteiger partial charge in [0.2, 0.25) is 0 Å². The van der Waals surface area contributed by atoms with Crippen molar-refractivity contribution in [2.24, 2.45) is 5.73 Å². The summed E-state index contributed by atoms with van der Waals surface area (Å²) in [6.45, 7) is 3.61. The first-order chi connectivity index (χ1) is 10.2. The average Bonchev–Trinajstić information content (AvgIpc) is 3.02. The van der Waals surface area contributed by atoms with Crippen LogP contribution in [0.15, 0.2) is 35.6 Å². The molecule has 7 nitrogen and oxygen atoms in total. The van der Waals surface area contributed by atoms with Crippen LogP contribution >= 0.6 is 0 Å². The molecular weight excluding hydrogens is 268 g/mol. The van der Waals surface area contributed by atoms with Gasteiger partial charge in [-0.2, -0.15) is 0 Å². The van der Waals surface area contributed by atoms with E-state index in [0.29, 0.717) is 21.8 Å². The number of nitrogens with zero attached hydrogens (tertiary/aromatic N) is 3. The largest absolute Gasteiger partial charge is 0.404 e. The van der Waals surface area contributed by atoms with E-state index in [4.69, 9.17) is 5.73 Å². The number of allylic oxidation sites excluding steroid dienone is 1. The van der Waals surface area contributed by atoms with Crippen LogP contribution in [0.1, 0.15) is 0 Å². The fourth-order valence-electron chi connectivity index (χ4n) is 2.23. The molecule has 0 spiro atoms. The van der Waals surface area contributed by atoms with E-state index in [0.717, 1.165) is 10.9 Å². The van der Waals surface area contributed by atoms with Crippen LogP contribution in [-0.2, 0) is 0 Å². The number of nitrogens with one attached hydrogen (secondary N) is 2. The predicted octanol–water partition coefficient (Wildman–Crippen LogP) is -0.629. The van der Waals surface area contributed by atoms with Crippen molar-refractivity contribution in [2.75, 3.05) is 0 Å². The Balaban J connectivity index is 2.41. The van der Waals surface area contributed by atoms with Crippen molar-refractivity contribution < 1.29 is 0 Å². The molecule has 0 unspecified atom stereocenters. The molecule has 7 heteroatoms. The molecule has 0 aliphatic heterocycles. The van der Waals surface area contributed by atoms with Crippen LogP contribution in [0.4, 0.5) is 0 Å². The Hall–Kier alpha value is -3.22. The van der Waals surface area contributed by atoms with Gasteiger partial charge in [-0.05, 0) is 22.6 Å². The average molecular weight is 280 g/mol. The summed E-state index contributed by atoms with van der Waals surface area (Å²) in [4.78, 5) is 15.0. The standard InChI is InChI=1S/C14H12N6O/c1-2-3-10-11(7-15)9-5-4-8(13-17-19-20-18-13)6-12(9)16-14(10)21/h2-7H,1,15H2,(H,16,21)(H,17,18,19,20)/b10-3+,11-7-. The zero-order chi connectivity index (χ0) is 14.8. The maximum absolute atomic E-state index is 12.1. The van der Waals surface area contributed by atoms with Gasteiger partial charge < -0.3 is 10.7 Å². The summed E-state index contributed by atoms with van der Waals surface area (Å²) in [6, 6.07) is 5.51. The fraction of sp³-hybridized carbons (Fsp3) is 0. The molecule has 4 N–H and O–H groups in total. The Labute approximate surface area is 118 Å². The minimum atomic E-state index is -0.230. The third kappa shape index (κ3) is 2.10. The highest BCUT2D eigenvalue weighted by molar-refractivity contribution is 5.84. The first-order valence-corrected chi connectivity index (χ1v) is 6.19. The molecule has 2 aromatic heterocycles. The molecule has 104 valence electrons. The van der Waals surface area contributed by atoms with E-state index in [1.165, 1.54) is 6.20 Å². The fourth-order valence-corrected chi connectivity index (χ4v) is 2.23. The van der Waals surface area contributed by atoms with Crippen LogP contribution in [0.25, 0.3) is 34.6 Å². The van der Waals surface area contributed by atoms with Crippen molar-refractivity contribution in [3.8, 4) is 11.4 Å². The van der Waals surface area contributed by atoms with Crippen LogP contribution < -0.4 is 21.7 Å². The molecule has 2 heterocycles. The van der Waals surface area contributed by atoms with E-state index in [1.54, 1.807) is 18.2 Å². The van der Waals surface area contributed by atoms with Gasteiger partial charge in [0.05, 0.1) is 0 Å². The summed E-state index contributed by atoms with van der Waals surface area (Å²) in [5, 5.41) is 15.6. The van der Waals surface area contributed by atoms with E-state index in [9.17, 15) is 4.79 Å². The van der Waals surface area contributed by atoms with E-state index in [1.807, 2.05) is 12.1 Å². The van der Waals surface area contributed by atoms with Gasteiger partial charge in [0.15, 0.2) is 5.82 Å². The zero-order valence-electron chi connectivity index (χ0n) is 11.0. The SMILES string of the molecule is C=C/C=c1/c(=O)[nH]c2cc(-c3nnn[nH]3)ccc2/c1=C/N. The highest BCUT2D eigenvalue weighted by atomic mass is 16.1. The number of fused-ring (bicyclic) bond motifs is 1. The number of H-pyrrole nitrogens is 2. The third-order valence-corrected chi connectivity index (χ3v) is 3.16. The number of rotatable bonds is 2. The maximum Gasteiger partial charge on any atom is 0.256 e. The Morgan fingerprint density at radius 1 is 1.29 bits per heavy atom. The Kier molecular flexibility index (Phi) is 3.07. The van der Waals surface area contributed by atoms with Crippen molar-refractivity contribution in [3.63, 3.8) is 0 Å². The van der Waals surface area contributed by atoms with Crippen molar-refractivity contribution in [3.05, 3.63) is 51.6 Å². The van der Waals surface area contributed by atoms with Gasteiger partial charge in [-0.3, -0.25) is 4.79 Å². The molecule has 3 aromatic rings. The minimum absolute atomic E-state index is 0.230. The summed E-state index contributed by atoms with van der Waals surface area (Å²) in [6.07, 6.45) is 4.60. The molecule has 3 rings (SSSR count). The Morgan fingerprint density at radius 3 is 2.81 bits per heavy atom.